The average molecular weight is 444 g/mol. The number of aromatic amines is 1. The number of hydrogen-bond donors (Lipinski definition) is 1. The highest BCUT2D eigenvalue weighted by molar-refractivity contribution is 5.40. The summed E-state index contributed by atoms with van der Waals surface area (Å²) in [6.45, 7) is 12.5. The standard InChI is InChI=1S/C27H41NO4/c1-10-12-20(4)25(30-7)21(5)17-19(3)14-11-13-18(2)15-16-23-22(6)24(29)26(31-8)27(28-23)32-9/h11-12,14-15,17,21,25H,10,13,16H2,1-9H3,(H,28,29)/b14-11+,18-15+,19-17+,20-12+/t21-,25+/m1/s1. The Bertz CT molecular complexity index is 918. The molecule has 5 nitrogen and oxygen atoms in total. The quantitative estimate of drug-likeness (QED) is 0.314. The van der Waals surface area contributed by atoms with Gasteiger partial charge in [0.15, 0.2) is 0 Å². The number of H-pyrrole nitrogens is 1. The van der Waals surface area contributed by atoms with E-state index in [1.807, 2.05) is 0 Å². The lowest BCUT2D eigenvalue weighted by Crippen LogP contribution is -2.20. The second-order valence-electron chi connectivity index (χ2n) is 8.27. The van der Waals surface area contributed by atoms with Crippen LogP contribution in [0.1, 0.15) is 58.7 Å². The second kappa shape index (κ2) is 13.8. The molecule has 0 unspecified atom stereocenters. The van der Waals surface area contributed by atoms with Gasteiger partial charge in [0, 0.05) is 30.7 Å². The van der Waals surface area contributed by atoms with E-state index in [0.717, 1.165) is 18.5 Å². The summed E-state index contributed by atoms with van der Waals surface area (Å²) in [7, 11) is 4.76. The van der Waals surface area contributed by atoms with E-state index in [1.165, 1.54) is 30.9 Å². The van der Waals surface area contributed by atoms with Crippen LogP contribution < -0.4 is 14.9 Å². The van der Waals surface area contributed by atoms with Crippen molar-refractivity contribution in [1.29, 1.82) is 0 Å². The van der Waals surface area contributed by atoms with Crippen LogP contribution in [0.5, 0.6) is 11.6 Å². The first kappa shape index (κ1) is 27.5. The molecular weight excluding hydrogens is 402 g/mol. The predicted molar refractivity (Wildman–Crippen MR) is 134 cm³/mol. The van der Waals surface area contributed by atoms with Crippen molar-refractivity contribution in [2.45, 2.75) is 66.9 Å². The van der Waals surface area contributed by atoms with Crippen LogP contribution in [-0.2, 0) is 11.2 Å². The minimum Gasteiger partial charge on any atom is -0.488 e. The Hall–Kier alpha value is -2.53. The predicted octanol–water partition coefficient (Wildman–Crippen LogP) is 6.09. The molecule has 1 aromatic rings. The number of hydrogen-bond acceptors (Lipinski definition) is 4. The summed E-state index contributed by atoms with van der Waals surface area (Å²) < 4.78 is 16.1. The normalized spacial score (nSPS) is 15.2. The molecule has 0 radical (unpaired) electrons. The van der Waals surface area contributed by atoms with Crippen LogP contribution in [0.25, 0.3) is 0 Å². The maximum Gasteiger partial charge on any atom is 0.238 e. The second-order valence-corrected chi connectivity index (χ2v) is 8.27. The molecule has 1 N–H and O–H groups in total. The number of ether oxygens (including phenoxy) is 3. The summed E-state index contributed by atoms with van der Waals surface area (Å²) in [5.41, 5.74) is 5.07. The number of rotatable bonds is 12. The van der Waals surface area contributed by atoms with Gasteiger partial charge >= 0.3 is 0 Å². The molecule has 0 aliphatic heterocycles. The first-order chi connectivity index (χ1) is 15.2. The van der Waals surface area contributed by atoms with E-state index < -0.39 is 0 Å². The topological polar surface area (TPSA) is 60.6 Å². The van der Waals surface area contributed by atoms with Gasteiger partial charge in [0.25, 0.3) is 0 Å². The van der Waals surface area contributed by atoms with Crippen LogP contribution in [0, 0.1) is 12.8 Å². The molecule has 0 bridgehead atoms. The largest absolute Gasteiger partial charge is 0.488 e. The number of allylic oxidation sites excluding steroid dienone is 6. The first-order valence-electron chi connectivity index (χ1n) is 11.2. The Morgan fingerprint density at radius 2 is 1.78 bits per heavy atom. The molecule has 0 saturated carbocycles. The molecule has 1 heterocycles. The van der Waals surface area contributed by atoms with E-state index in [9.17, 15) is 4.79 Å². The molecular formula is C27H41NO4. The van der Waals surface area contributed by atoms with Crippen molar-refractivity contribution in [3.05, 3.63) is 68.6 Å². The molecule has 0 amide bonds. The minimum absolute atomic E-state index is 0.104. The third kappa shape index (κ3) is 7.86. The summed E-state index contributed by atoms with van der Waals surface area (Å²) in [6.07, 6.45) is 13.5. The summed E-state index contributed by atoms with van der Waals surface area (Å²) in [5.74, 6) is 0.871. The van der Waals surface area contributed by atoms with Crippen LogP contribution >= 0.6 is 0 Å². The lowest BCUT2D eigenvalue weighted by molar-refractivity contribution is 0.103. The van der Waals surface area contributed by atoms with Gasteiger partial charge in [-0.15, -0.1) is 0 Å². The maximum atomic E-state index is 12.5. The Kier molecular flexibility index (Phi) is 11.9. The van der Waals surface area contributed by atoms with Crippen molar-refractivity contribution in [2.75, 3.05) is 21.3 Å². The molecule has 1 aromatic heterocycles. The van der Waals surface area contributed by atoms with Gasteiger partial charge in [-0.1, -0.05) is 55.4 Å². The van der Waals surface area contributed by atoms with Gasteiger partial charge in [-0.25, -0.2) is 0 Å². The van der Waals surface area contributed by atoms with Crippen molar-refractivity contribution in [2.24, 2.45) is 5.92 Å². The van der Waals surface area contributed by atoms with Crippen molar-refractivity contribution < 1.29 is 14.2 Å². The van der Waals surface area contributed by atoms with Crippen molar-refractivity contribution in [3.8, 4) is 11.6 Å². The van der Waals surface area contributed by atoms with E-state index in [1.54, 1.807) is 14.0 Å². The molecule has 0 saturated heterocycles. The third-order valence-electron chi connectivity index (χ3n) is 5.59. The van der Waals surface area contributed by atoms with Crippen LogP contribution in [-0.4, -0.2) is 32.4 Å². The smallest absolute Gasteiger partial charge is 0.238 e. The molecule has 0 spiro atoms. The fourth-order valence-corrected chi connectivity index (χ4v) is 3.83. The number of pyridine rings is 1. The maximum absolute atomic E-state index is 12.5. The zero-order valence-corrected chi connectivity index (χ0v) is 21.3. The minimum atomic E-state index is -0.141. The van der Waals surface area contributed by atoms with E-state index >= 15 is 0 Å². The molecule has 5 heteroatoms. The van der Waals surface area contributed by atoms with Gasteiger partial charge in [0.05, 0.1) is 20.3 Å². The van der Waals surface area contributed by atoms with Gasteiger partial charge in [0.1, 0.15) is 0 Å². The Morgan fingerprint density at radius 1 is 1.09 bits per heavy atom. The molecule has 0 fully saturated rings. The zero-order valence-electron chi connectivity index (χ0n) is 21.3. The highest BCUT2D eigenvalue weighted by Crippen LogP contribution is 2.22. The summed E-state index contributed by atoms with van der Waals surface area (Å²) in [5, 5.41) is 0. The Morgan fingerprint density at radius 3 is 2.34 bits per heavy atom. The van der Waals surface area contributed by atoms with Crippen molar-refractivity contribution in [1.82, 2.24) is 4.98 Å². The molecule has 178 valence electrons. The van der Waals surface area contributed by atoms with E-state index in [-0.39, 0.29) is 17.3 Å². The fraction of sp³-hybridized carbons (Fsp3) is 0.519. The summed E-state index contributed by atoms with van der Waals surface area (Å²) in [6, 6.07) is 0. The Labute approximate surface area is 193 Å². The summed E-state index contributed by atoms with van der Waals surface area (Å²) in [4.78, 5) is 15.6. The fourth-order valence-electron chi connectivity index (χ4n) is 3.83. The van der Waals surface area contributed by atoms with E-state index in [4.69, 9.17) is 14.2 Å². The molecule has 0 aliphatic rings. The number of nitrogens with one attached hydrogen (secondary N) is 1. The monoisotopic (exact) mass is 443 g/mol. The number of aromatic nitrogens is 1. The van der Waals surface area contributed by atoms with Gasteiger partial charge in [0.2, 0.25) is 17.1 Å². The van der Waals surface area contributed by atoms with Crippen LogP contribution in [0.2, 0.25) is 0 Å². The molecule has 2 atom stereocenters. The van der Waals surface area contributed by atoms with E-state index in [2.05, 4.69) is 70.0 Å². The molecule has 0 aromatic carbocycles. The van der Waals surface area contributed by atoms with Gasteiger partial charge < -0.3 is 19.2 Å². The van der Waals surface area contributed by atoms with E-state index in [0.29, 0.717) is 23.8 Å². The van der Waals surface area contributed by atoms with Gasteiger partial charge in [-0.2, -0.15) is 0 Å². The first-order valence-corrected chi connectivity index (χ1v) is 11.2. The van der Waals surface area contributed by atoms with Gasteiger partial charge in [-0.05, 0) is 46.1 Å². The van der Waals surface area contributed by atoms with Crippen molar-refractivity contribution >= 4 is 0 Å². The van der Waals surface area contributed by atoms with Crippen molar-refractivity contribution in [3.63, 3.8) is 0 Å². The lowest BCUT2D eigenvalue weighted by Gasteiger charge is -2.21. The van der Waals surface area contributed by atoms with Gasteiger partial charge in [-0.3, -0.25) is 4.79 Å². The zero-order chi connectivity index (χ0) is 24.3. The average Bonchev–Trinajstić information content (AvgIpc) is 2.75. The van der Waals surface area contributed by atoms with Crippen LogP contribution in [0.4, 0.5) is 0 Å². The molecule has 32 heavy (non-hydrogen) atoms. The van der Waals surface area contributed by atoms with Crippen LogP contribution in [0.15, 0.2) is 51.9 Å². The van der Waals surface area contributed by atoms with Crippen LogP contribution in [0.3, 0.4) is 0 Å². The molecule has 1 rings (SSSR count). The SMILES string of the molecule is CC/C=C(\C)[C@H](OC)[C@H](C)/C=C(C)/C=C/C/C(C)=C/Cc1[nH]c(OC)c(OC)c(=O)c1C. The Balaban J connectivity index is 2.82. The number of methoxy groups -OCH3 is 3. The molecule has 0 aliphatic carbocycles. The third-order valence-corrected chi connectivity index (χ3v) is 5.59. The summed E-state index contributed by atoms with van der Waals surface area (Å²) >= 11 is 0. The highest BCUT2D eigenvalue weighted by atomic mass is 16.5. The highest BCUT2D eigenvalue weighted by Gasteiger charge is 2.16. The lowest BCUT2D eigenvalue weighted by atomic mass is 9.95.